The number of hydrogen-bond donors (Lipinski definition) is 0. The molecule has 0 radical (unpaired) electrons. The van der Waals surface area contributed by atoms with E-state index in [9.17, 15) is 13.6 Å². The summed E-state index contributed by atoms with van der Waals surface area (Å²) in [5.41, 5.74) is 0.973. The topological polar surface area (TPSA) is 66.4 Å². The Hall–Kier alpha value is -1.20. The van der Waals surface area contributed by atoms with Crippen LogP contribution in [0.15, 0.2) is 30.3 Å². The van der Waals surface area contributed by atoms with Gasteiger partial charge in [-0.25, -0.2) is 4.21 Å². The van der Waals surface area contributed by atoms with Gasteiger partial charge in [0, 0.05) is 0 Å². The average molecular weight is 213 g/mol. The van der Waals surface area contributed by atoms with Crippen LogP contribution in [0.4, 0.5) is 0 Å². The van der Waals surface area contributed by atoms with Crippen LogP contribution in [0.2, 0.25) is 0 Å². The average Bonchev–Trinajstić information content (AvgIpc) is 2.15. The Balaban J connectivity index is 2.34. The molecule has 4 nitrogen and oxygen atoms in total. The summed E-state index contributed by atoms with van der Waals surface area (Å²) < 4.78 is 23.9. The Kier molecular flexibility index (Phi) is 4.28. The van der Waals surface area contributed by atoms with Crippen LogP contribution < -0.4 is 0 Å². The van der Waals surface area contributed by atoms with E-state index in [1.807, 2.05) is 30.3 Å². The molecule has 0 amide bonds. The molecule has 0 aliphatic heterocycles. The molecule has 1 aromatic carbocycles. The lowest BCUT2D eigenvalue weighted by Gasteiger charge is -2.04. The van der Waals surface area contributed by atoms with Crippen LogP contribution in [0.25, 0.3) is 0 Å². The summed E-state index contributed by atoms with van der Waals surface area (Å²) in [6.45, 7) is 0. The van der Waals surface area contributed by atoms with Gasteiger partial charge >= 0.3 is 5.97 Å². The molecule has 1 aromatic rings. The molecule has 0 heterocycles. The Morgan fingerprint density at radius 3 is 2.57 bits per heavy atom. The molecular weight excluding hydrogens is 204 g/mol. The first kappa shape index (κ1) is 10.9. The molecule has 0 saturated heterocycles. The molecule has 1 unspecified atom stereocenters. The minimum atomic E-state index is -2.75. The van der Waals surface area contributed by atoms with Crippen molar-refractivity contribution in [3.63, 3.8) is 0 Å². The molecule has 0 spiro atoms. The second-order valence-corrected chi connectivity index (χ2v) is 3.22. The largest absolute Gasteiger partial charge is 0.740 e. The molecule has 0 bridgehead atoms. The Morgan fingerprint density at radius 2 is 2.00 bits per heavy atom. The monoisotopic (exact) mass is 213 g/mol. The molecule has 14 heavy (non-hydrogen) atoms. The molecule has 0 saturated carbocycles. The fourth-order valence-corrected chi connectivity index (χ4v) is 1.24. The van der Waals surface area contributed by atoms with Gasteiger partial charge in [-0.05, 0) is 12.0 Å². The first-order chi connectivity index (χ1) is 6.68. The van der Waals surface area contributed by atoms with Gasteiger partial charge in [0.2, 0.25) is 0 Å². The van der Waals surface area contributed by atoms with E-state index in [0.717, 1.165) is 5.56 Å². The fourth-order valence-electron chi connectivity index (χ4n) is 1.01. The number of aryl methyl sites for hydroxylation is 1. The van der Waals surface area contributed by atoms with Crippen molar-refractivity contribution in [1.29, 1.82) is 0 Å². The lowest BCUT2D eigenvalue weighted by Crippen LogP contribution is -2.07. The summed E-state index contributed by atoms with van der Waals surface area (Å²) >= 11 is -2.75. The van der Waals surface area contributed by atoms with Gasteiger partial charge in [0.15, 0.2) is 0 Å². The zero-order chi connectivity index (χ0) is 10.4. The van der Waals surface area contributed by atoms with E-state index in [1.54, 1.807) is 0 Å². The molecular formula is C9H9O4S-. The van der Waals surface area contributed by atoms with E-state index in [1.165, 1.54) is 0 Å². The SMILES string of the molecule is O=C(CCc1ccccc1)OS(=O)[O-]. The molecule has 1 rings (SSSR count). The van der Waals surface area contributed by atoms with Crippen LogP contribution >= 0.6 is 0 Å². The van der Waals surface area contributed by atoms with Crippen LogP contribution in [-0.2, 0) is 26.8 Å². The number of rotatable bonds is 4. The maximum atomic E-state index is 10.8. The maximum Gasteiger partial charge on any atom is 0.319 e. The second kappa shape index (κ2) is 5.51. The lowest BCUT2D eigenvalue weighted by molar-refractivity contribution is -0.133. The number of hydrogen-bond acceptors (Lipinski definition) is 4. The Labute approximate surface area is 84.4 Å². The van der Waals surface area contributed by atoms with Gasteiger partial charge in [-0.15, -0.1) is 0 Å². The normalized spacial score (nSPS) is 12.1. The third-order valence-corrected chi connectivity index (χ3v) is 1.94. The van der Waals surface area contributed by atoms with Crippen LogP contribution in [0.5, 0.6) is 0 Å². The van der Waals surface area contributed by atoms with E-state index in [2.05, 4.69) is 4.18 Å². The minimum absolute atomic E-state index is 0.0675. The molecule has 0 aliphatic rings. The molecule has 76 valence electrons. The van der Waals surface area contributed by atoms with E-state index in [0.29, 0.717) is 6.42 Å². The summed E-state index contributed by atoms with van der Waals surface area (Å²) in [5, 5.41) is 0. The molecule has 0 fully saturated rings. The summed E-state index contributed by atoms with van der Waals surface area (Å²) in [6.07, 6.45) is 0.550. The quantitative estimate of drug-likeness (QED) is 0.698. The fraction of sp³-hybridized carbons (Fsp3) is 0.222. The van der Waals surface area contributed by atoms with Crippen molar-refractivity contribution in [2.24, 2.45) is 0 Å². The smallest absolute Gasteiger partial charge is 0.319 e. The van der Waals surface area contributed by atoms with Crippen molar-refractivity contribution in [3.05, 3.63) is 35.9 Å². The van der Waals surface area contributed by atoms with Gasteiger partial charge in [0.1, 0.15) is 11.4 Å². The number of carbonyl (C=O) groups is 1. The van der Waals surface area contributed by atoms with Gasteiger partial charge in [-0.2, -0.15) is 0 Å². The van der Waals surface area contributed by atoms with Crippen molar-refractivity contribution in [1.82, 2.24) is 0 Å². The van der Waals surface area contributed by atoms with Gasteiger partial charge < -0.3 is 8.74 Å². The van der Waals surface area contributed by atoms with Crippen molar-refractivity contribution < 1.29 is 17.7 Å². The van der Waals surface area contributed by atoms with Gasteiger partial charge in [-0.3, -0.25) is 4.79 Å². The highest BCUT2D eigenvalue weighted by Crippen LogP contribution is 2.03. The van der Waals surface area contributed by atoms with E-state index < -0.39 is 17.3 Å². The van der Waals surface area contributed by atoms with E-state index in [4.69, 9.17) is 0 Å². The highest BCUT2D eigenvalue weighted by Gasteiger charge is 2.03. The van der Waals surface area contributed by atoms with Crippen molar-refractivity contribution in [2.45, 2.75) is 12.8 Å². The maximum absolute atomic E-state index is 10.8. The number of carbonyl (C=O) groups excluding carboxylic acids is 1. The van der Waals surface area contributed by atoms with Crippen LogP contribution in [0.1, 0.15) is 12.0 Å². The van der Waals surface area contributed by atoms with Gasteiger partial charge in [0.25, 0.3) is 0 Å². The highest BCUT2D eigenvalue weighted by atomic mass is 32.2. The summed E-state index contributed by atoms with van der Waals surface area (Å²) in [6, 6.07) is 9.30. The zero-order valence-electron chi connectivity index (χ0n) is 7.34. The highest BCUT2D eigenvalue weighted by molar-refractivity contribution is 7.74. The third kappa shape index (κ3) is 4.15. The van der Waals surface area contributed by atoms with Crippen molar-refractivity contribution in [2.75, 3.05) is 0 Å². The van der Waals surface area contributed by atoms with Crippen LogP contribution in [0.3, 0.4) is 0 Å². The molecule has 0 aliphatic carbocycles. The lowest BCUT2D eigenvalue weighted by atomic mass is 10.1. The van der Waals surface area contributed by atoms with Crippen molar-refractivity contribution in [3.8, 4) is 0 Å². The van der Waals surface area contributed by atoms with Crippen LogP contribution in [-0.4, -0.2) is 14.7 Å². The van der Waals surface area contributed by atoms with Crippen molar-refractivity contribution >= 4 is 17.3 Å². The van der Waals surface area contributed by atoms with Gasteiger partial charge in [0.05, 0.1) is 6.42 Å². The first-order valence-electron chi connectivity index (χ1n) is 4.03. The van der Waals surface area contributed by atoms with E-state index >= 15 is 0 Å². The van der Waals surface area contributed by atoms with Gasteiger partial charge in [-0.1, -0.05) is 30.3 Å². The summed E-state index contributed by atoms with van der Waals surface area (Å²) in [7, 11) is 0. The Bertz CT molecular complexity index is 323. The summed E-state index contributed by atoms with van der Waals surface area (Å²) in [5.74, 6) is -0.734. The standard InChI is InChI=1S/C9H10O4S/c10-9(13-14(11)12)7-6-8-4-2-1-3-5-8/h1-5H,6-7H2,(H,11,12)/p-1. The summed E-state index contributed by atoms with van der Waals surface area (Å²) in [4.78, 5) is 10.8. The zero-order valence-corrected chi connectivity index (χ0v) is 8.16. The Morgan fingerprint density at radius 1 is 1.36 bits per heavy atom. The molecule has 0 aromatic heterocycles. The predicted molar refractivity (Wildman–Crippen MR) is 49.8 cm³/mol. The third-order valence-electron chi connectivity index (χ3n) is 1.62. The predicted octanol–water partition coefficient (Wildman–Crippen LogP) is 0.957. The molecule has 5 heteroatoms. The first-order valence-corrected chi connectivity index (χ1v) is 5.03. The van der Waals surface area contributed by atoms with Crippen LogP contribution in [0, 0.1) is 0 Å². The second-order valence-electron chi connectivity index (χ2n) is 2.65. The van der Waals surface area contributed by atoms with E-state index in [-0.39, 0.29) is 6.42 Å². The molecule has 0 N–H and O–H groups in total. The molecule has 1 atom stereocenters. The minimum Gasteiger partial charge on any atom is -0.740 e. The number of benzene rings is 1.